The van der Waals surface area contributed by atoms with E-state index in [1.165, 1.54) is 0 Å². The lowest BCUT2D eigenvalue weighted by Gasteiger charge is -2.31. The number of hydrogen-bond donors (Lipinski definition) is 2. The van der Waals surface area contributed by atoms with E-state index in [0.29, 0.717) is 24.0 Å². The third-order valence-corrected chi connectivity index (χ3v) is 4.03. The molecule has 0 spiro atoms. The molecule has 2 rings (SSSR count). The number of amides is 1. The quantitative estimate of drug-likeness (QED) is 0.869. The van der Waals surface area contributed by atoms with Crippen LogP contribution in [-0.2, 0) is 11.3 Å². The number of nitrogens with zero attached hydrogens (tertiary/aromatic N) is 1. The van der Waals surface area contributed by atoms with Crippen molar-refractivity contribution in [2.45, 2.75) is 19.4 Å². The molecule has 1 aliphatic rings. The highest BCUT2D eigenvalue weighted by molar-refractivity contribution is 6.31. The van der Waals surface area contributed by atoms with Crippen molar-refractivity contribution in [2.24, 2.45) is 5.92 Å². The van der Waals surface area contributed by atoms with Crippen LogP contribution in [0.2, 0.25) is 5.02 Å². The van der Waals surface area contributed by atoms with Gasteiger partial charge in [-0.25, -0.2) is 0 Å². The van der Waals surface area contributed by atoms with Gasteiger partial charge in [-0.3, -0.25) is 9.69 Å². The van der Waals surface area contributed by atoms with Crippen molar-refractivity contribution in [3.63, 3.8) is 0 Å². The van der Waals surface area contributed by atoms with Crippen LogP contribution in [0.5, 0.6) is 0 Å². The molecule has 0 aromatic heterocycles. The molecule has 1 heterocycles. The molecule has 0 aliphatic carbocycles. The summed E-state index contributed by atoms with van der Waals surface area (Å²) in [5.74, 6) is 0.309. The molecule has 1 aromatic rings. The lowest BCUT2D eigenvalue weighted by molar-refractivity contribution is -0.122. The van der Waals surface area contributed by atoms with Crippen LogP contribution in [0.1, 0.15) is 18.4 Å². The number of piperidine rings is 1. The molecule has 1 aromatic carbocycles. The molecule has 5 heteroatoms. The summed E-state index contributed by atoms with van der Waals surface area (Å²) in [4.78, 5) is 14.0. The Morgan fingerprint density at radius 2 is 2.25 bits per heavy atom. The van der Waals surface area contributed by atoms with Gasteiger partial charge in [0.15, 0.2) is 0 Å². The molecule has 1 fully saturated rings. The SMILES string of the molecule is O=C(CN1CCCC(CO)C1)NCc1ccccc1Cl. The molecule has 0 bridgehead atoms. The lowest BCUT2D eigenvalue weighted by Crippen LogP contribution is -2.43. The van der Waals surface area contributed by atoms with E-state index in [1.54, 1.807) is 0 Å². The fourth-order valence-electron chi connectivity index (χ4n) is 2.54. The first-order valence-corrected chi connectivity index (χ1v) is 7.40. The van der Waals surface area contributed by atoms with Crippen LogP contribution >= 0.6 is 11.6 Å². The van der Waals surface area contributed by atoms with E-state index in [2.05, 4.69) is 10.2 Å². The topological polar surface area (TPSA) is 52.6 Å². The van der Waals surface area contributed by atoms with Crippen LogP contribution in [0.25, 0.3) is 0 Å². The molecule has 0 radical (unpaired) electrons. The Morgan fingerprint density at radius 1 is 1.45 bits per heavy atom. The lowest BCUT2D eigenvalue weighted by atomic mass is 9.99. The Morgan fingerprint density at radius 3 is 3.00 bits per heavy atom. The molecule has 1 amide bonds. The van der Waals surface area contributed by atoms with Crippen molar-refractivity contribution in [2.75, 3.05) is 26.2 Å². The van der Waals surface area contributed by atoms with Gasteiger partial charge in [-0.05, 0) is 36.9 Å². The monoisotopic (exact) mass is 296 g/mol. The average Bonchev–Trinajstić information content (AvgIpc) is 2.46. The molecule has 110 valence electrons. The maximum atomic E-state index is 11.9. The normalized spacial score (nSPS) is 19.8. The van der Waals surface area contributed by atoms with Crippen molar-refractivity contribution in [3.8, 4) is 0 Å². The summed E-state index contributed by atoms with van der Waals surface area (Å²) >= 11 is 6.05. The van der Waals surface area contributed by atoms with Gasteiger partial charge < -0.3 is 10.4 Å². The number of benzene rings is 1. The zero-order chi connectivity index (χ0) is 14.4. The van der Waals surface area contributed by atoms with Crippen molar-refractivity contribution < 1.29 is 9.90 Å². The number of carbonyl (C=O) groups is 1. The standard InChI is InChI=1S/C15H21ClN2O2/c16-14-6-2-1-5-13(14)8-17-15(20)10-18-7-3-4-12(9-18)11-19/h1-2,5-6,12,19H,3-4,7-11H2,(H,17,20). The summed E-state index contributed by atoms with van der Waals surface area (Å²) in [6, 6.07) is 7.51. The zero-order valence-electron chi connectivity index (χ0n) is 11.5. The number of nitrogens with one attached hydrogen (secondary N) is 1. The predicted molar refractivity (Wildman–Crippen MR) is 79.5 cm³/mol. The summed E-state index contributed by atoms with van der Waals surface area (Å²) in [7, 11) is 0. The van der Waals surface area contributed by atoms with Crippen LogP contribution in [0.15, 0.2) is 24.3 Å². The van der Waals surface area contributed by atoms with Crippen LogP contribution < -0.4 is 5.32 Å². The Labute approximate surface area is 124 Å². The minimum Gasteiger partial charge on any atom is -0.396 e. The Balaban J connectivity index is 1.77. The summed E-state index contributed by atoms with van der Waals surface area (Å²) < 4.78 is 0. The van der Waals surface area contributed by atoms with E-state index in [-0.39, 0.29) is 12.5 Å². The van der Waals surface area contributed by atoms with Gasteiger partial charge in [0.25, 0.3) is 0 Å². The van der Waals surface area contributed by atoms with E-state index in [4.69, 9.17) is 11.6 Å². The maximum absolute atomic E-state index is 11.9. The number of hydrogen-bond acceptors (Lipinski definition) is 3. The maximum Gasteiger partial charge on any atom is 0.234 e. The van der Waals surface area contributed by atoms with E-state index in [0.717, 1.165) is 31.5 Å². The first-order valence-electron chi connectivity index (χ1n) is 7.02. The predicted octanol–water partition coefficient (Wildman–Crippen LogP) is 1.66. The fourth-order valence-corrected chi connectivity index (χ4v) is 2.74. The molecule has 1 atom stereocenters. The minimum atomic E-state index is 0.00325. The Kier molecular flexibility index (Phi) is 5.83. The number of aliphatic hydroxyl groups excluding tert-OH is 1. The molecule has 4 nitrogen and oxygen atoms in total. The number of rotatable bonds is 5. The van der Waals surface area contributed by atoms with Crippen LogP contribution in [0, 0.1) is 5.92 Å². The first kappa shape index (κ1) is 15.3. The summed E-state index contributed by atoms with van der Waals surface area (Å²) in [6.45, 7) is 2.78. The zero-order valence-corrected chi connectivity index (χ0v) is 12.3. The second-order valence-corrected chi connectivity index (χ2v) is 5.70. The first-order chi connectivity index (χ1) is 9.69. The van der Waals surface area contributed by atoms with Gasteiger partial charge in [-0.2, -0.15) is 0 Å². The van der Waals surface area contributed by atoms with Crippen molar-refractivity contribution in [3.05, 3.63) is 34.9 Å². The van der Waals surface area contributed by atoms with Gasteiger partial charge in [0, 0.05) is 24.7 Å². The highest BCUT2D eigenvalue weighted by Crippen LogP contribution is 2.16. The second kappa shape index (κ2) is 7.62. The summed E-state index contributed by atoms with van der Waals surface area (Å²) in [5, 5.41) is 12.7. The summed E-state index contributed by atoms with van der Waals surface area (Å²) in [6.07, 6.45) is 2.09. The molecule has 1 aliphatic heterocycles. The average molecular weight is 297 g/mol. The molecular weight excluding hydrogens is 276 g/mol. The molecular formula is C15H21ClN2O2. The molecule has 20 heavy (non-hydrogen) atoms. The number of aliphatic hydroxyl groups is 1. The summed E-state index contributed by atoms with van der Waals surface area (Å²) in [5.41, 5.74) is 0.925. The van der Waals surface area contributed by atoms with Gasteiger partial charge >= 0.3 is 0 Å². The van der Waals surface area contributed by atoms with Gasteiger partial charge in [0.1, 0.15) is 0 Å². The van der Waals surface area contributed by atoms with Gasteiger partial charge in [-0.15, -0.1) is 0 Å². The fraction of sp³-hybridized carbons (Fsp3) is 0.533. The molecule has 1 saturated heterocycles. The van der Waals surface area contributed by atoms with E-state index in [9.17, 15) is 9.90 Å². The largest absolute Gasteiger partial charge is 0.396 e. The second-order valence-electron chi connectivity index (χ2n) is 5.29. The van der Waals surface area contributed by atoms with Crippen LogP contribution in [0.4, 0.5) is 0 Å². The third-order valence-electron chi connectivity index (χ3n) is 3.66. The third kappa shape index (κ3) is 4.47. The minimum absolute atomic E-state index is 0.00325. The highest BCUT2D eigenvalue weighted by Gasteiger charge is 2.20. The molecule has 1 unspecified atom stereocenters. The van der Waals surface area contributed by atoms with E-state index >= 15 is 0 Å². The van der Waals surface area contributed by atoms with Crippen molar-refractivity contribution in [1.82, 2.24) is 10.2 Å². The highest BCUT2D eigenvalue weighted by atomic mass is 35.5. The molecule has 0 saturated carbocycles. The number of carbonyl (C=O) groups excluding carboxylic acids is 1. The van der Waals surface area contributed by atoms with Crippen LogP contribution in [-0.4, -0.2) is 42.2 Å². The van der Waals surface area contributed by atoms with Crippen LogP contribution in [0.3, 0.4) is 0 Å². The van der Waals surface area contributed by atoms with Gasteiger partial charge in [-0.1, -0.05) is 29.8 Å². The van der Waals surface area contributed by atoms with E-state index in [1.807, 2.05) is 24.3 Å². The molecule has 2 N–H and O–H groups in total. The number of likely N-dealkylation sites (tertiary alicyclic amines) is 1. The van der Waals surface area contributed by atoms with Crippen molar-refractivity contribution >= 4 is 17.5 Å². The van der Waals surface area contributed by atoms with Gasteiger partial charge in [0.2, 0.25) is 5.91 Å². The van der Waals surface area contributed by atoms with Gasteiger partial charge in [0.05, 0.1) is 6.54 Å². The van der Waals surface area contributed by atoms with Crippen molar-refractivity contribution in [1.29, 1.82) is 0 Å². The smallest absolute Gasteiger partial charge is 0.234 e. The Hall–Kier alpha value is -1.10. The Bertz CT molecular complexity index is 453. The number of halogens is 1. The van der Waals surface area contributed by atoms with E-state index < -0.39 is 0 Å².